The number of hydrogen-bond donors (Lipinski definition) is 1. The summed E-state index contributed by atoms with van der Waals surface area (Å²) >= 11 is 0. The second-order valence-corrected chi connectivity index (χ2v) is 7.61. The highest BCUT2D eigenvalue weighted by atomic mass is 16.5. The number of carbonyl (C=O) groups excluding carboxylic acids is 1. The third-order valence-electron chi connectivity index (χ3n) is 5.17. The van der Waals surface area contributed by atoms with Crippen molar-refractivity contribution in [3.8, 4) is 28.5 Å². The van der Waals surface area contributed by atoms with Gasteiger partial charge in [0.05, 0.1) is 12.2 Å². The van der Waals surface area contributed by atoms with E-state index >= 15 is 0 Å². The van der Waals surface area contributed by atoms with Crippen LogP contribution in [0.15, 0.2) is 89.7 Å². The molecule has 0 radical (unpaired) electrons. The molecule has 0 aliphatic carbocycles. The van der Waals surface area contributed by atoms with Gasteiger partial charge >= 0.3 is 0 Å². The Kier molecular flexibility index (Phi) is 6.25. The van der Waals surface area contributed by atoms with Crippen molar-refractivity contribution in [2.75, 3.05) is 13.2 Å². The zero-order valence-corrected chi connectivity index (χ0v) is 18.6. The summed E-state index contributed by atoms with van der Waals surface area (Å²) in [4.78, 5) is 24.5. The summed E-state index contributed by atoms with van der Waals surface area (Å²) in [6.45, 7) is 0.240. The van der Waals surface area contributed by atoms with E-state index in [1.807, 2.05) is 60.7 Å². The lowest BCUT2D eigenvalue weighted by molar-refractivity contribution is -0.122. The summed E-state index contributed by atoms with van der Waals surface area (Å²) in [5.41, 5.74) is 2.61. The van der Waals surface area contributed by atoms with E-state index in [-0.39, 0.29) is 31.2 Å². The molecule has 0 saturated heterocycles. The minimum atomic E-state index is -0.350. The van der Waals surface area contributed by atoms with E-state index in [0.717, 1.165) is 15.8 Å². The molecule has 174 valence electrons. The molecule has 0 fully saturated rings. The third-order valence-corrected chi connectivity index (χ3v) is 5.17. The summed E-state index contributed by atoms with van der Waals surface area (Å²) in [6.07, 6.45) is 0. The van der Waals surface area contributed by atoms with Crippen LogP contribution in [-0.4, -0.2) is 48.7 Å². The fraction of sp³-hybridized carbons (Fsp3) is 0.120. The van der Waals surface area contributed by atoms with Crippen LogP contribution in [0.2, 0.25) is 0 Å². The average molecular weight is 467 g/mol. The van der Waals surface area contributed by atoms with Gasteiger partial charge in [0.15, 0.2) is 11.5 Å². The number of benzene rings is 2. The number of amides is 1. The minimum absolute atomic E-state index is 0.190. The number of fused-ring (bicyclic) bond motifs is 1. The van der Waals surface area contributed by atoms with Crippen molar-refractivity contribution in [2.45, 2.75) is 6.54 Å². The molecule has 0 atom stereocenters. The van der Waals surface area contributed by atoms with Crippen LogP contribution in [0.1, 0.15) is 0 Å². The van der Waals surface area contributed by atoms with Gasteiger partial charge in [-0.15, -0.1) is 15.3 Å². The van der Waals surface area contributed by atoms with Crippen LogP contribution < -0.4 is 15.6 Å². The largest absolute Gasteiger partial charge is 0.475 e. The van der Waals surface area contributed by atoms with E-state index in [2.05, 4.69) is 25.7 Å². The molecule has 1 N–H and O–H groups in total. The fourth-order valence-electron chi connectivity index (χ4n) is 3.48. The third kappa shape index (κ3) is 5.06. The van der Waals surface area contributed by atoms with Gasteiger partial charge in [0.25, 0.3) is 5.56 Å². The lowest BCUT2D eigenvalue weighted by Gasteiger charge is -2.09. The lowest BCUT2D eigenvalue weighted by atomic mass is 10.1. The Hall–Kier alpha value is -4.86. The molecule has 5 rings (SSSR count). The smallest absolute Gasteiger partial charge is 0.267 e. The maximum atomic E-state index is 12.4. The van der Waals surface area contributed by atoms with Crippen LogP contribution in [0, 0.1) is 0 Å². The highest BCUT2D eigenvalue weighted by Crippen LogP contribution is 2.18. The molecule has 35 heavy (non-hydrogen) atoms. The second kappa shape index (κ2) is 9.96. The van der Waals surface area contributed by atoms with Crippen LogP contribution in [0.25, 0.3) is 28.3 Å². The van der Waals surface area contributed by atoms with Crippen molar-refractivity contribution in [1.82, 2.24) is 34.9 Å². The molecule has 0 spiro atoms. The first-order valence-corrected chi connectivity index (χ1v) is 11.0. The van der Waals surface area contributed by atoms with Gasteiger partial charge in [-0.05, 0) is 12.1 Å². The first kappa shape index (κ1) is 22.0. The van der Waals surface area contributed by atoms with E-state index in [1.54, 1.807) is 22.7 Å². The van der Waals surface area contributed by atoms with Crippen molar-refractivity contribution < 1.29 is 9.53 Å². The van der Waals surface area contributed by atoms with Gasteiger partial charge in [-0.25, -0.2) is 4.68 Å². The van der Waals surface area contributed by atoms with Gasteiger partial charge in [-0.3, -0.25) is 9.59 Å². The van der Waals surface area contributed by atoms with Crippen LogP contribution >= 0.6 is 0 Å². The van der Waals surface area contributed by atoms with Crippen LogP contribution in [0.3, 0.4) is 0 Å². The number of hydrogen-bond acceptors (Lipinski definition) is 7. The molecule has 3 aromatic heterocycles. The van der Waals surface area contributed by atoms with E-state index < -0.39 is 0 Å². The molecule has 10 nitrogen and oxygen atoms in total. The maximum absolute atomic E-state index is 12.4. The molecule has 10 heteroatoms. The summed E-state index contributed by atoms with van der Waals surface area (Å²) in [7, 11) is 0. The van der Waals surface area contributed by atoms with E-state index in [0.29, 0.717) is 23.0 Å². The van der Waals surface area contributed by atoms with Gasteiger partial charge in [0.1, 0.15) is 13.2 Å². The molecule has 5 aromatic rings. The van der Waals surface area contributed by atoms with Crippen molar-refractivity contribution in [3.63, 3.8) is 0 Å². The maximum Gasteiger partial charge on any atom is 0.267 e. The van der Waals surface area contributed by atoms with Gasteiger partial charge in [-0.1, -0.05) is 60.7 Å². The first-order chi connectivity index (χ1) is 17.2. The van der Waals surface area contributed by atoms with Gasteiger partial charge in [-0.2, -0.15) is 9.61 Å². The Morgan fingerprint density at radius 1 is 0.829 bits per heavy atom. The van der Waals surface area contributed by atoms with Gasteiger partial charge in [0.2, 0.25) is 11.8 Å². The number of rotatable bonds is 8. The zero-order valence-electron chi connectivity index (χ0n) is 18.6. The molecular formula is C25H21N7O3. The highest BCUT2D eigenvalue weighted by molar-refractivity contribution is 5.75. The van der Waals surface area contributed by atoms with Crippen molar-refractivity contribution in [1.29, 1.82) is 0 Å². The molecule has 0 bridgehead atoms. The first-order valence-electron chi connectivity index (χ1n) is 11.0. The summed E-state index contributed by atoms with van der Waals surface area (Å²) < 4.78 is 8.45. The summed E-state index contributed by atoms with van der Waals surface area (Å²) in [6, 6.07) is 25.6. The van der Waals surface area contributed by atoms with Crippen molar-refractivity contribution in [3.05, 3.63) is 95.3 Å². The quantitative estimate of drug-likeness (QED) is 0.348. The Morgan fingerprint density at radius 2 is 1.57 bits per heavy atom. The molecule has 0 saturated carbocycles. The highest BCUT2D eigenvalue weighted by Gasteiger charge is 2.11. The number of nitrogens with zero attached hydrogens (tertiary/aromatic N) is 6. The van der Waals surface area contributed by atoms with Gasteiger partial charge in [0, 0.05) is 23.3 Å². The molecule has 0 aliphatic rings. The monoisotopic (exact) mass is 467 g/mol. The number of nitrogens with one attached hydrogen (secondary N) is 1. The van der Waals surface area contributed by atoms with Crippen molar-refractivity contribution >= 4 is 11.6 Å². The standard InChI is InChI=1S/C25H21N7O3/c33-22(17-31-24(34)14-11-20(29-31)18-7-3-1-4-8-18)26-15-16-35-23-13-12-21-27-28-25(32(21)30-23)19-9-5-2-6-10-19/h1-14H,15-17H2,(H,26,33). The predicted octanol–water partition coefficient (Wildman–Crippen LogP) is 2.21. The fourth-order valence-corrected chi connectivity index (χ4v) is 3.48. The zero-order chi connectivity index (χ0) is 24.0. The second-order valence-electron chi connectivity index (χ2n) is 7.61. The van der Waals surface area contributed by atoms with E-state index in [4.69, 9.17) is 4.74 Å². The molecule has 3 heterocycles. The number of carbonyl (C=O) groups is 1. The van der Waals surface area contributed by atoms with Gasteiger partial charge < -0.3 is 10.1 Å². The number of aromatic nitrogens is 6. The Morgan fingerprint density at radius 3 is 2.34 bits per heavy atom. The SMILES string of the molecule is O=C(Cn1nc(-c2ccccc2)ccc1=O)NCCOc1ccc2nnc(-c3ccccc3)n2n1. The molecule has 0 aliphatic heterocycles. The normalized spacial score (nSPS) is 10.9. The Balaban J connectivity index is 1.18. The minimum Gasteiger partial charge on any atom is -0.475 e. The Bertz CT molecular complexity index is 1510. The van der Waals surface area contributed by atoms with E-state index in [9.17, 15) is 9.59 Å². The van der Waals surface area contributed by atoms with E-state index in [1.165, 1.54) is 6.07 Å². The molecular weight excluding hydrogens is 446 g/mol. The van der Waals surface area contributed by atoms with Crippen molar-refractivity contribution in [2.24, 2.45) is 0 Å². The molecule has 0 unspecified atom stereocenters. The molecule has 1 amide bonds. The van der Waals surface area contributed by atoms with Crippen LogP contribution in [0.5, 0.6) is 5.88 Å². The molecule has 2 aromatic carbocycles. The Labute approximate surface area is 199 Å². The lowest BCUT2D eigenvalue weighted by Crippen LogP contribution is -2.35. The van der Waals surface area contributed by atoms with Crippen LogP contribution in [-0.2, 0) is 11.3 Å². The topological polar surface area (TPSA) is 116 Å². The summed E-state index contributed by atoms with van der Waals surface area (Å²) in [5.74, 6) is 0.634. The predicted molar refractivity (Wildman–Crippen MR) is 129 cm³/mol. The summed E-state index contributed by atoms with van der Waals surface area (Å²) in [5, 5.41) is 19.8. The number of ether oxygens (including phenoxy) is 1. The van der Waals surface area contributed by atoms with Crippen LogP contribution in [0.4, 0.5) is 0 Å². The average Bonchev–Trinajstić information content (AvgIpc) is 3.32.